The molecule has 0 bridgehead atoms. The van der Waals surface area contributed by atoms with Gasteiger partial charge in [0.15, 0.2) is 0 Å². The van der Waals surface area contributed by atoms with E-state index in [1.807, 2.05) is 12.1 Å². The van der Waals surface area contributed by atoms with Crippen molar-refractivity contribution in [2.24, 2.45) is 5.92 Å². The van der Waals surface area contributed by atoms with E-state index in [4.69, 9.17) is 0 Å². The van der Waals surface area contributed by atoms with Crippen LogP contribution in [-0.2, 0) is 17.8 Å². The second-order valence-electron chi connectivity index (χ2n) is 3.92. The molecule has 1 N–H and O–H groups in total. The molecule has 2 heteroatoms. The molecule has 0 heterocycles. The summed E-state index contributed by atoms with van der Waals surface area (Å²) in [6.45, 7) is 5.03. The summed E-state index contributed by atoms with van der Waals surface area (Å²) in [5.41, 5.74) is 2.50. The summed E-state index contributed by atoms with van der Waals surface area (Å²) < 4.78 is 0. The van der Waals surface area contributed by atoms with E-state index < -0.39 is 0 Å². The Morgan fingerprint density at radius 1 is 1.36 bits per heavy atom. The summed E-state index contributed by atoms with van der Waals surface area (Å²) in [5.74, 6) is 0.671. The van der Waals surface area contributed by atoms with Crippen molar-refractivity contribution in [3.63, 3.8) is 0 Å². The fourth-order valence-electron chi connectivity index (χ4n) is 1.50. The van der Waals surface area contributed by atoms with Crippen LogP contribution in [0.2, 0.25) is 0 Å². The van der Waals surface area contributed by atoms with Crippen molar-refractivity contribution in [2.75, 3.05) is 0 Å². The highest BCUT2D eigenvalue weighted by atomic mass is 16.1. The maximum atomic E-state index is 10.1. The lowest BCUT2D eigenvalue weighted by Gasteiger charge is -2.06. The molecule has 0 aliphatic rings. The topological polar surface area (TPSA) is 29.1 Å². The fourth-order valence-corrected chi connectivity index (χ4v) is 1.50. The Labute approximate surface area is 85.3 Å². The van der Waals surface area contributed by atoms with Gasteiger partial charge in [-0.3, -0.25) is 4.79 Å². The first-order valence-corrected chi connectivity index (χ1v) is 4.97. The number of rotatable bonds is 5. The van der Waals surface area contributed by atoms with Crippen LogP contribution in [0.1, 0.15) is 25.0 Å². The number of hydrogen-bond acceptors (Lipinski definition) is 1. The van der Waals surface area contributed by atoms with Gasteiger partial charge in [0.1, 0.15) is 0 Å². The molecule has 0 fully saturated rings. The molecule has 0 unspecified atom stereocenters. The zero-order valence-corrected chi connectivity index (χ0v) is 8.79. The zero-order chi connectivity index (χ0) is 10.4. The summed E-state index contributed by atoms with van der Waals surface area (Å²) in [5, 5.41) is 2.66. The van der Waals surface area contributed by atoms with E-state index in [9.17, 15) is 4.79 Å². The maximum absolute atomic E-state index is 10.1. The molecule has 14 heavy (non-hydrogen) atoms. The maximum Gasteiger partial charge on any atom is 0.207 e. The first-order valence-electron chi connectivity index (χ1n) is 4.97. The molecule has 0 saturated heterocycles. The Hall–Kier alpha value is -1.31. The average Bonchev–Trinajstić information content (AvgIpc) is 2.14. The van der Waals surface area contributed by atoms with Gasteiger partial charge < -0.3 is 5.32 Å². The van der Waals surface area contributed by atoms with E-state index in [0.717, 1.165) is 18.4 Å². The molecule has 1 aromatic carbocycles. The van der Waals surface area contributed by atoms with Crippen LogP contribution >= 0.6 is 0 Å². The Kier molecular flexibility index (Phi) is 4.17. The quantitative estimate of drug-likeness (QED) is 0.710. The van der Waals surface area contributed by atoms with Crippen LogP contribution in [0.5, 0.6) is 0 Å². The Morgan fingerprint density at radius 2 is 2.07 bits per heavy atom. The highest BCUT2D eigenvalue weighted by Gasteiger charge is 1.98. The third-order valence-electron chi connectivity index (χ3n) is 2.02. The highest BCUT2D eigenvalue weighted by Crippen LogP contribution is 2.10. The Morgan fingerprint density at radius 3 is 2.71 bits per heavy atom. The minimum absolute atomic E-state index is 0.620. The first kappa shape index (κ1) is 10.8. The minimum atomic E-state index is 0.620. The molecule has 0 atom stereocenters. The Bertz CT molecular complexity index is 294. The molecule has 1 amide bonds. The van der Waals surface area contributed by atoms with Crippen molar-refractivity contribution in [3.8, 4) is 0 Å². The smallest absolute Gasteiger partial charge is 0.207 e. The van der Waals surface area contributed by atoms with Gasteiger partial charge in [-0.1, -0.05) is 38.1 Å². The lowest BCUT2D eigenvalue weighted by atomic mass is 10.0. The van der Waals surface area contributed by atoms with Gasteiger partial charge in [0.05, 0.1) is 0 Å². The van der Waals surface area contributed by atoms with Crippen molar-refractivity contribution < 1.29 is 4.79 Å². The van der Waals surface area contributed by atoms with Crippen molar-refractivity contribution in [3.05, 3.63) is 35.4 Å². The van der Waals surface area contributed by atoms with Gasteiger partial charge in [-0.25, -0.2) is 0 Å². The molecule has 1 aromatic rings. The summed E-state index contributed by atoms with van der Waals surface area (Å²) >= 11 is 0. The van der Waals surface area contributed by atoms with E-state index in [1.165, 1.54) is 5.56 Å². The monoisotopic (exact) mass is 191 g/mol. The van der Waals surface area contributed by atoms with E-state index >= 15 is 0 Å². The molecule has 76 valence electrons. The third kappa shape index (κ3) is 3.60. The summed E-state index contributed by atoms with van der Waals surface area (Å²) in [6.07, 6.45) is 1.82. The molecule has 0 aliphatic heterocycles. The van der Waals surface area contributed by atoms with Crippen LogP contribution in [0.15, 0.2) is 24.3 Å². The van der Waals surface area contributed by atoms with Crippen molar-refractivity contribution in [2.45, 2.75) is 26.8 Å². The van der Waals surface area contributed by atoms with E-state index in [-0.39, 0.29) is 0 Å². The largest absolute Gasteiger partial charge is 0.355 e. The molecule has 0 spiro atoms. The number of nitrogens with one attached hydrogen (secondary N) is 1. The minimum Gasteiger partial charge on any atom is -0.355 e. The van der Waals surface area contributed by atoms with Crippen LogP contribution in [0.25, 0.3) is 0 Å². The van der Waals surface area contributed by atoms with Crippen LogP contribution in [0.3, 0.4) is 0 Å². The predicted molar refractivity (Wildman–Crippen MR) is 57.9 cm³/mol. The van der Waals surface area contributed by atoms with Gasteiger partial charge in [0.2, 0.25) is 6.41 Å². The lowest BCUT2D eigenvalue weighted by Crippen LogP contribution is -2.09. The number of benzene rings is 1. The van der Waals surface area contributed by atoms with Crippen LogP contribution in [-0.4, -0.2) is 6.41 Å². The van der Waals surface area contributed by atoms with Crippen LogP contribution in [0.4, 0.5) is 0 Å². The summed E-state index contributed by atoms with van der Waals surface area (Å²) in [6, 6.07) is 8.35. The molecule has 0 radical (unpaired) electrons. The second-order valence-corrected chi connectivity index (χ2v) is 3.92. The lowest BCUT2D eigenvalue weighted by molar-refractivity contribution is -0.109. The number of carbonyl (C=O) groups is 1. The van der Waals surface area contributed by atoms with Gasteiger partial charge in [-0.2, -0.15) is 0 Å². The molecule has 0 aromatic heterocycles. The third-order valence-corrected chi connectivity index (χ3v) is 2.02. The molecule has 1 rings (SSSR count). The van der Waals surface area contributed by atoms with Crippen molar-refractivity contribution in [1.82, 2.24) is 5.32 Å². The predicted octanol–water partition coefficient (Wildman–Crippen LogP) is 2.13. The van der Waals surface area contributed by atoms with Crippen molar-refractivity contribution >= 4 is 6.41 Å². The van der Waals surface area contributed by atoms with Crippen LogP contribution < -0.4 is 5.32 Å². The van der Waals surface area contributed by atoms with E-state index in [2.05, 4.69) is 31.3 Å². The normalized spacial score (nSPS) is 10.2. The highest BCUT2D eigenvalue weighted by molar-refractivity contribution is 5.46. The SMILES string of the molecule is CC(C)Cc1cccc(CNC=O)c1. The van der Waals surface area contributed by atoms with Gasteiger partial charge in [0, 0.05) is 6.54 Å². The summed E-state index contributed by atoms with van der Waals surface area (Å²) in [4.78, 5) is 10.1. The average molecular weight is 191 g/mol. The molecule has 0 saturated carbocycles. The van der Waals surface area contributed by atoms with Gasteiger partial charge in [0.25, 0.3) is 0 Å². The number of hydrogen-bond donors (Lipinski definition) is 1. The van der Waals surface area contributed by atoms with Gasteiger partial charge >= 0.3 is 0 Å². The summed E-state index contributed by atoms with van der Waals surface area (Å²) in [7, 11) is 0. The number of amides is 1. The fraction of sp³-hybridized carbons (Fsp3) is 0.417. The van der Waals surface area contributed by atoms with Gasteiger partial charge in [-0.05, 0) is 23.5 Å². The van der Waals surface area contributed by atoms with E-state index in [1.54, 1.807) is 0 Å². The number of carbonyl (C=O) groups excluding carboxylic acids is 1. The second kappa shape index (κ2) is 5.43. The van der Waals surface area contributed by atoms with Crippen molar-refractivity contribution in [1.29, 1.82) is 0 Å². The first-order chi connectivity index (χ1) is 6.72. The van der Waals surface area contributed by atoms with Crippen LogP contribution in [0, 0.1) is 5.92 Å². The molecule has 0 aliphatic carbocycles. The molecule has 2 nitrogen and oxygen atoms in total. The Balaban J connectivity index is 2.63. The molecular formula is C12H17NO. The van der Waals surface area contributed by atoms with E-state index in [0.29, 0.717) is 12.5 Å². The standard InChI is InChI=1S/C12H17NO/c1-10(2)6-11-4-3-5-12(7-11)8-13-9-14/h3-5,7,9-10H,6,8H2,1-2H3,(H,13,14). The zero-order valence-electron chi connectivity index (χ0n) is 8.79. The molecular weight excluding hydrogens is 174 g/mol. The van der Waals surface area contributed by atoms with Gasteiger partial charge in [-0.15, -0.1) is 0 Å².